The molecular weight excluding hydrogens is 364 g/mol. The third kappa shape index (κ3) is 5.94. The van der Waals surface area contributed by atoms with Crippen LogP contribution >= 0.6 is 0 Å². The van der Waals surface area contributed by atoms with E-state index >= 15 is 0 Å². The molecule has 5 nitrogen and oxygen atoms in total. The van der Waals surface area contributed by atoms with Crippen molar-refractivity contribution in [3.63, 3.8) is 0 Å². The number of nitrogens with zero attached hydrogens (tertiary/aromatic N) is 1. The van der Waals surface area contributed by atoms with Crippen molar-refractivity contribution in [1.82, 2.24) is 0 Å². The van der Waals surface area contributed by atoms with E-state index in [0.29, 0.717) is 5.75 Å². The van der Waals surface area contributed by atoms with E-state index < -0.39 is 0 Å². The molecule has 0 aliphatic heterocycles. The average Bonchev–Trinajstić information content (AvgIpc) is 2.73. The first-order valence-electron chi connectivity index (χ1n) is 9.31. The largest absolute Gasteiger partial charge is 0.494 e. The molecule has 1 N–H and O–H groups in total. The minimum Gasteiger partial charge on any atom is -0.494 e. The number of rotatable bonds is 7. The molecule has 1 amide bonds. The Morgan fingerprint density at radius 3 is 2.34 bits per heavy atom. The lowest BCUT2D eigenvalue weighted by Crippen LogP contribution is -2.20. The van der Waals surface area contributed by atoms with Crippen molar-refractivity contribution in [2.24, 2.45) is 4.99 Å². The molecule has 0 unspecified atom stereocenters. The predicted octanol–water partition coefficient (Wildman–Crippen LogP) is 5.08. The van der Waals surface area contributed by atoms with Gasteiger partial charge in [0.05, 0.1) is 7.11 Å². The number of methoxy groups -OCH3 is 1. The minimum atomic E-state index is -0.203. The lowest BCUT2D eigenvalue weighted by molar-refractivity contribution is -0.118. The molecule has 3 aromatic carbocycles. The molecule has 0 heterocycles. The number of carbonyl (C=O) groups excluding carboxylic acids is 1. The van der Waals surface area contributed by atoms with Crippen LogP contribution in [0.3, 0.4) is 0 Å². The summed E-state index contributed by atoms with van der Waals surface area (Å²) in [5.74, 6) is 1.15. The number of aliphatic imine (C=N–C) groups is 1. The van der Waals surface area contributed by atoms with Crippen LogP contribution in [0.1, 0.15) is 16.7 Å². The summed E-state index contributed by atoms with van der Waals surface area (Å²) in [5.41, 5.74) is 4.71. The monoisotopic (exact) mass is 388 g/mol. The summed E-state index contributed by atoms with van der Waals surface area (Å²) in [6.45, 7) is 3.96. The first-order valence-corrected chi connectivity index (χ1v) is 9.31. The maximum Gasteiger partial charge on any atom is 0.262 e. The number of hydrogen-bond acceptors (Lipinski definition) is 4. The third-order valence-electron chi connectivity index (χ3n) is 4.27. The lowest BCUT2D eigenvalue weighted by atomic mass is 10.2. The fourth-order valence-electron chi connectivity index (χ4n) is 2.68. The van der Waals surface area contributed by atoms with Gasteiger partial charge in [0.1, 0.15) is 17.2 Å². The highest BCUT2D eigenvalue weighted by Gasteiger charge is 2.04. The van der Waals surface area contributed by atoms with E-state index in [9.17, 15) is 4.79 Å². The van der Waals surface area contributed by atoms with Gasteiger partial charge in [-0.05, 0) is 73.5 Å². The molecule has 0 aliphatic rings. The summed E-state index contributed by atoms with van der Waals surface area (Å²) in [7, 11) is 1.63. The molecule has 148 valence electrons. The second-order valence-electron chi connectivity index (χ2n) is 6.71. The standard InChI is InChI=1S/C24H24N2O3/c1-17-4-9-20(10-5-17)26-24(27)16-29-21-11-7-19(8-12-21)15-25-22-14-18(2)6-13-23(22)28-3/h4-15H,16H2,1-3H3,(H,26,27). The predicted molar refractivity (Wildman–Crippen MR) is 117 cm³/mol. The molecule has 0 radical (unpaired) electrons. The molecule has 3 aromatic rings. The van der Waals surface area contributed by atoms with Crippen LogP contribution in [0.15, 0.2) is 71.7 Å². The molecule has 3 rings (SSSR count). The summed E-state index contributed by atoms with van der Waals surface area (Å²) in [4.78, 5) is 16.5. The zero-order valence-corrected chi connectivity index (χ0v) is 16.8. The van der Waals surface area contributed by atoms with Gasteiger partial charge in [-0.1, -0.05) is 23.8 Å². The van der Waals surface area contributed by atoms with Gasteiger partial charge in [0.2, 0.25) is 0 Å². The Morgan fingerprint density at radius 2 is 1.66 bits per heavy atom. The first-order chi connectivity index (χ1) is 14.0. The fraction of sp³-hybridized carbons (Fsp3) is 0.167. The van der Waals surface area contributed by atoms with Crippen molar-refractivity contribution < 1.29 is 14.3 Å². The Kier molecular flexibility index (Phi) is 6.63. The molecule has 0 fully saturated rings. The van der Waals surface area contributed by atoms with E-state index in [1.54, 1.807) is 13.3 Å². The van der Waals surface area contributed by atoms with Crippen molar-refractivity contribution >= 4 is 23.5 Å². The van der Waals surface area contributed by atoms with E-state index in [1.165, 1.54) is 0 Å². The van der Waals surface area contributed by atoms with Crippen LogP contribution in [0.2, 0.25) is 0 Å². The van der Waals surface area contributed by atoms with Gasteiger partial charge >= 0.3 is 0 Å². The van der Waals surface area contributed by atoms with E-state index in [4.69, 9.17) is 9.47 Å². The van der Waals surface area contributed by atoms with Crippen LogP contribution in [0.5, 0.6) is 11.5 Å². The van der Waals surface area contributed by atoms with Gasteiger partial charge in [-0.15, -0.1) is 0 Å². The number of ether oxygens (including phenoxy) is 2. The molecule has 0 saturated carbocycles. The van der Waals surface area contributed by atoms with Gasteiger partial charge in [-0.2, -0.15) is 0 Å². The van der Waals surface area contributed by atoms with Gasteiger partial charge in [0.25, 0.3) is 5.91 Å². The number of aryl methyl sites for hydroxylation is 2. The van der Waals surface area contributed by atoms with Gasteiger partial charge in [0.15, 0.2) is 6.61 Å². The van der Waals surface area contributed by atoms with Crippen molar-refractivity contribution in [2.75, 3.05) is 19.0 Å². The number of benzene rings is 3. The van der Waals surface area contributed by atoms with Gasteiger partial charge in [-0.3, -0.25) is 9.79 Å². The van der Waals surface area contributed by atoms with E-state index in [-0.39, 0.29) is 12.5 Å². The lowest BCUT2D eigenvalue weighted by Gasteiger charge is -2.08. The summed E-state index contributed by atoms with van der Waals surface area (Å²) in [6.07, 6.45) is 1.77. The Balaban J connectivity index is 1.55. The number of amides is 1. The van der Waals surface area contributed by atoms with Crippen LogP contribution in [0.4, 0.5) is 11.4 Å². The highest BCUT2D eigenvalue weighted by Crippen LogP contribution is 2.28. The zero-order chi connectivity index (χ0) is 20.6. The van der Waals surface area contributed by atoms with Crippen molar-refractivity contribution in [3.8, 4) is 11.5 Å². The molecule has 0 atom stereocenters. The van der Waals surface area contributed by atoms with Crippen LogP contribution < -0.4 is 14.8 Å². The number of hydrogen-bond donors (Lipinski definition) is 1. The Labute approximate surface area is 171 Å². The van der Waals surface area contributed by atoms with Crippen molar-refractivity contribution in [3.05, 3.63) is 83.4 Å². The fourth-order valence-corrected chi connectivity index (χ4v) is 2.68. The Morgan fingerprint density at radius 1 is 0.966 bits per heavy atom. The summed E-state index contributed by atoms with van der Waals surface area (Å²) < 4.78 is 10.9. The van der Waals surface area contributed by atoms with E-state index in [0.717, 1.165) is 33.8 Å². The van der Waals surface area contributed by atoms with Gasteiger partial charge < -0.3 is 14.8 Å². The summed E-state index contributed by atoms with van der Waals surface area (Å²) in [6, 6.07) is 20.9. The topological polar surface area (TPSA) is 59.9 Å². The molecule has 5 heteroatoms. The molecule has 0 bridgehead atoms. The Bertz CT molecular complexity index is 994. The maximum absolute atomic E-state index is 12.0. The summed E-state index contributed by atoms with van der Waals surface area (Å²) in [5, 5.41) is 2.81. The molecule has 0 spiro atoms. The average molecular weight is 388 g/mol. The molecule has 0 aromatic heterocycles. The maximum atomic E-state index is 12.0. The minimum absolute atomic E-state index is 0.0538. The van der Waals surface area contributed by atoms with Crippen molar-refractivity contribution in [2.45, 2.75) is 13.8 Å². The van der Waals surface area contributed by atoms with Crippen LogP contribution in [-0.4, -0.2) is 25.8 Å². The van der Waals surface area contributed by atoms with E-state index in [2.05, 4.69) is 10.3 Å². The van der Waals surface area contributed by atoms with Gasteiger partial charge in [0, 0.05) is 11.9 Å². The van der Waals surface area contributed by atoms with Crippen LogP contribution in [0, 0.1) is 13.8 Å². The van der Waals surface area contributed by atoms with E-state index in [1.807, 2.05) is 80.6 Å². The molecule has 29 heavy (non-hydrogen) atoms. The molecule has 0 saturated heterocycles. The zero-order valence-electron chi connectivity index (χ0n) is 16.8. The second kappa shape index (κ2) is 9.55. The second-order valence-corrected chi connectivity index (χ2v) is 6.71. The smallest absolute Gasteiger partial charge is 0.262 e. The van der Waals surface area contributed by atoms with Crippen LogP contribution in [0.25, 0.3) is 0 Å². The number of nitrogens with one attached hydrogen (secondary N) is 1. The number of anilines is 1. The quantitative estimate of drug-likeness (QED) is 0.574. The van der Waals surface area contributed by atoms with Crippen LogP contribution in [-0.2, 0) is 4.79 Å². The molecule has 0 aliphatic carbocycles. The normalized spacial score (nSPS) is 10.7. The number of carbonyl (C=O) groups is 1. The Hall–Kier alpha value is -3.60. The highest BCUT2D eigenvalue weighted by molar-refractivity contribution is 5.91. The molecular formula is C24H24N2O3. The SMILES string of the molecule is COc1ccc(C)cc1N=Cc1ccc(OCC(=O)Nc2ccc(C)cc2)cc1. The summed E-state index contributed by atoms with van der Waals surface area (Å²) >= 11 is 0. The third-order valence-corrected chi connectivity index (χ3v) is 4.27. The van der Waals surface area contributed by atoms with Gasteiger partial charge in [-0.25, -0.2) is 0 Å². The van der Waals surface area contributed by atoms with Crippen molar-refractivity contribution in [1.29, 1.82) is 0 Å². The first kappa shape index (κ1) is 20.1. The highest BCUT2D eigenvalue weighted by atomic mass is 16.5.